The van der Waals surface area contributed by atoms with Crippen LogP contribution in [0.1, 0.15) is 98.8 Å². The van der Waals surface area contributed by atoms with Crippen molar-refractivity contribution in [2.75, 3.05) is 0 Å². The summed E-state index contributed by atoms with van der Waals surface area (Å²) in [5.41, 5.74) is 0. The molecule has 0 radical (unpaired) electrons. The van der Waals surface area contributed by atoms with E-state index in [1.165, 1.54) is 64.2 Å². The Morgan fingerprint density at radius 3 is 2.05 bits per heavy atom. The maximum absolute atomic E-state index is 3.84. The van der Waals surface area contributed by atoms with Gasteiger partial charge in [0.1, 0.15) is 0 Å². The highest BCUT2D eigenvalue weighted by Crippen LogP contribution is 2.33. The molecule has 0 heteroatoms. The fourth-order valence-electron chi connectivity index (χ4n) is 3.82. The minimum Gasteiger partial charge on any atom is -0.103 e. The highest BCUT2D eigenvalue weighted by atomic mass is 14.3. The molecule has 3 atom stereocenters. The van der Waals surface area contributed by atoms with Crippen molar-refractivity contribution in [3.8, 4) is 0 Å². The molecule has 0 aliphatic carbocycles. The van der Waals surface area contributed by atoms with Crippen molar-refractivity contribution < 1.29 is 0 Å². The van der Waals surface area contributed by atoms with Crippen molar-refractivity contribution in [1.29, 1.82) is 0 Å². The highest BCUT2D eigenvalue weighted by molar-refractivity contribution is 4.75. The zero-order valence-electron chi connectivity index (χ0n) is 15.7. The van der Waals surface area contributed by atoms with E-state index < -0.39 is 0 Å². The number of rotatable bonds is 14. The van der Waals surface area contributed by atoms with Gasteiger partial charge in [-0.3, -0.25) is 0 Å². The lowest BCUT2D eigenvalue weighted by molar-refractivity contribution is 0.195. The largest absolute Gasteiger partial charge is 0.103 e. The lowest BCUT2D eigenvalue weighted by Crippen LogP contribution is -2.21. The van der Waals surface area contributed by atoms with Crippen molar-refractivity contribution in [2.45, 2.75) is 98.8 Å². The van der Waals surface area contributed by atoms with E-state index in [0.29, 0.717) is 0 Å². The molecule has 0 rings (SSSR count). The summed E-state index contributed by atoms with van der Waals surface area (Å²) in [6.45, 7) is 15.9. The van der Waals surface area contributed by atoms with Gasteiger partial charge in [-0.05, 0) is 49.4 Å². The van der Waals surface area contributed by atoms with Crippen LogP contribution < -0.4 is 0 Å². The Labute approximate surface area is 135 Å². The first kappa shape index (κ1) is 20.7. The molecule has 0 fully saturated rings. The average Bonchev–Trinajstić information content (AvgIpc) is 2.42. The summed E-state index contributed by atoms with van der Waals surface area (Å²) >= 11 is 0. The third-order valence-corrected chi connectivity index (χ3v) is 5.01. The number of hydrogen-bond donors (Lipinski definition) is 0. The molecule has 0 aromatic carbocycles. The smallest absolute Gasteiger partial charge is 0.0353 e. The van der Waals surface area contributed by atoms with Crippen molar-refractivity contribution in [2.24, 2.45) is 23.7 Å². The van der Waals surface area contributed by atoms with Gasteiger partial charge in [0.2, 0.25) is 0 Å². The first-order chi connectivity index (χ1) is 10.0. The molecular formula is C21H42. The molecule has 0 nitrogen and oxygen atoms in total. The van der Waals surface area contributed by atoms with Crippen molar-refractivity contribution in [3.05, 3.63) is 12.7 Å². The molecule has 0 N–H and O–H groups in total. The number of allylic oxidation sites excluding steroid dienone is 1. The molecule has 0 saturated heterocycles. The minimum absolute atomic E-state index is 0.836. The molecule has 3 unspecified atom stereocenters. The Balaban J connectivity index is 4.28. The van der Waals surface area contributed by atoms with Gasteiger partial charge in [-0.25, -0.2) is 0 Å². The van der Waals surface area contributed by atoms with E-state index in [9.17, 15) is 0 Å². The van der Waals surface area contributed by atoms with Crippen LogP contribution in [0.25, 0.3) is 0 Å². The summed E-state index contributed by atoms with van der Waals surface area (Å²) < 4.78 is 0. The van der Waals surface area contributed by atoms with Crippen molar-refractivity contribution in [3.63, 3.8) is 0 Å². The van der Waals surface area contributed by atoms with Crippen molar-refractivity contribution in [1.82, 2.24) is 0 Å². The predicted octanol–water partition coefficient (Wildman–Crippen LogP) is 7.64. The fraction of sp³-hybridized carbons (Fsp3) is 0.905. The molecule has 0 saturated carbocycles. The monoisotopic (exact) mass is 294 g/mol. The molecule has 0 spiro atoms. The maximum Gasteiger partial charge on any atom is -0.0353 e. The van der Waals surface area contributed by atoms with Crippen LogP contribution in [0.3, 0.4) is 0 Å². The summed E-state index contributed by atoms with van der Waals surface area (Å²) in [4.78, 5) is 0. The summed E-state index contributed by atoms with van der Waals surface area (Å²) in [6.07, 6.45) is 15.9. The molecule has 0 heterocycles. The second-order valence-electron chi connectivity index (χ2n) is 7.67. The van der Waals surface area contributed by atoms with Gasteiger partial charge in [0, 0.05) is 0 Å². The van der Waals surface area contributed by atoms with Gasteiger partial charge in [0.25, 0.3) is 0 Å². The molecule has 126 valence electrons. The predicted molar refractivity (Wildman–Crippen MR) is 98.7 cm³/mol. The minimum atomic E-state index is 0.836. The van der Waals surface area contributed by atoms with Gasteiger partial charge < -0.3 is 0 Å². The molecular weight excluding hydrogens is 252 g/mol. The van der Waals surface area contributed by atoms with Gasteiger partial charge in [-0.1, -0.05) is 79.2 Å². The lowest BCUT2D eigenvalue weighted by atomic mass is 9.75. The second kappa shape index (κ2) is 13.4. The third kappa shape index (κ3) is 11.0. The van der Waals surface area contributed by atoms with E-state index in [1.807, 2.05) is 0 Å². The van der Waals surface area contributed by atoms with Crippen LogP contribution >= 0.6 is 0 Å². The molecule has 0 bridgehead atoms. The number of hydrogen-bond acceptors (Lipinski definition) is 0. The average molecular weight is 295 g/mol. The highest BCUT2D eigenvalue weighted by Gasteiger charge is 2.23. The summed E-state index contributed by atoms with van der Waals surface area (Å²) in [5, 5.41) is 0. The lowest BCUT2D eigenvalue weighted by Gasteiger charge is -2.31. The normalized spacial score (nSPS) is 15.9. The van der Waals surface area contributed by atoms with Crippen LogP contribution in [0.5, 0.6) is 0 Å². The van der Waals surface area contributed by atoms with Crippen LogP contribution in [-0.4, -0.2) is 0 Å². The van der Waals surface area contributed by atoms with Crippen LogP contribution in [0, 0.1) is 23.7 Å². The van der Waals surface area contributed by atoms with Crippen molar-refractivity contribution >= 4 is 0 Å². The van der Waals surface area contributed by atoms with Crippen LogP contribution in [0.4, 0.5) is 0 Å². The fourth-order valence-corrected chi connectivity index (χ4v) is 3.82. The van der Waals surface area contributed by atoms with Gasteiger partial charge in [0.15, 0.2) is 0 Å². The zero-order chi connectivity index (χ0) is 16.1. The third-order valence-electron chi connectivity index (χ3n) is 5.01. The van der Waals surface area contributed by atoms with E-state index >= 15 is 0 Å². The second-order valence-corrected chi connectivity index (χ2v) is 7.67. The summed E-state index contributed by atoms with van der Waals surface area (Å²) in [7, 11) is 0. The molecule has 0 aromatic rings. The SMILES string of the molecule is C=CCCCCC(C(C)CCCCCC)C(C)CC(C)C. The van der Waals surface area contributed by atoms with Gasteiger partial charge in [-0.15, -0.1) is 6.58 Å². The Morgan fingerprint density at radius 1 is 0.810 bits per heavy atom. The zero-order valence-corrected chi connectivity index (χ0v) is 15.7. The molecule has 0 aromatic heterocycles. The molecule has 21 heavy (non-hydrogen) atoms. The quantitative estimate of drug-likeness (QED) is 0.228. The molecule has 0 aliphatic rings. The first-order valence-electron chi connectivity index (χ1n) is 9.63. The van der Waals surface area contributed by atoms with Crippen LogP contribution in [0.2, 0.25) is 0 Å². The Bertz CT molecular complexity index is 228. The van der Waals surface area contributed by atoms with Crippen LogP contribution in [-0.2, 0) is 0 Å². The Hall–Kier alpha value is -0.260. The van der Waals surface area contributed by atoms with E-state index in [1.54, 1.807) is 0 Å². The maximum atomic E-state index is 3.84. The van der Waals surface area contributed by atoms with Crippen LogP contribution in [0.15, 0.2) is 12.7 Å². The van der Waals surface area contributed by atoms with Gasteiger partial charge in [-0.2, -0.15) is 0 Å². The molecule has 0 amide bonds. The summed E-state index contributed by atoms with van der Waals surface area (Å²) in [6, 6.07) is 0. The van der Waals surface area contributed by atoms with Gasteiger partial charge in [0.05, 0.1) is 0 Å². The molecule has 0 aliphatic heterocycles. The van der Waals surface area contributed by atoms with Gasteiger partial charge >= 0.3 is 0 Å². The van der Waals surface area contributed by atoms with E-state index in [2.05, 4.69) is 47.3 Å². The standard InChI is InChI=1S/C21H42/c1-7-9-11-13-15-19(5)21(16-14-12-10-8-2)20(6)17-18(3)4/h8,18-21H,2,7,9-17H2,1,3-6H3. The van der Waals surface area contributed by atoms with E-state index in [-0.39, 0.29) is 0 Å². The Morgan fingerprint density at radius 2 is 1.48 bits per heavy atom. The number of unbranched alkanes of at least 4 members (excludes halogenated alkanes) is 5. The first-order valence-corrected chi connectivity index (χ1v) is 9.63. The topological polar surface area (TPSA) is 0 Å². The van der Waals surface area contributed by atoms with E-state index in [4.69, 9.17) is 0 Å². The van der Waals surface area contributed by atoms with E-state index in [0.717, 1.165) is 23.7 Å². The summed E-state index contributed by atoms with van der Waals surface area (Å²) in [5.74, 6) is 3.55. The Kier molecular flexibility index (Phi) is 13.2.